The number of benzene rings is 5. The number of hydrogen-bond donors (Lipinski definition) is 1. The van der Waals surface area contributed by atoms with Crippen LogP contribution in [0.1, 0.15) is 5.56 Å². The van der Waals surface area contributed by atoms with Crippen LogP contribution in [0.2, 0.25) is 0 Å². The Balaban J connectivity index is 1.88. The van der Waals surface area contributed by atoms with Crippen LogP contribution in [-0.4, -0.2) is 67.5 Å². The lowest BCUT2D eigenvalue weighted by Crippen LogP contribution is -2.17. The van der Waals surface area contributed by atoms with E-state index in [2.05, 4.69) is 142 Å². The molecule has 0 unspecified atom stereocenters. The van der Waals surface area contributed by atoms with Gasteiger partial charge in [0.1, 0.15) is 11.6 Å². The minimum atomic E-state index is -1.25. The van der Waals surface area contributed by atoms with Gasteiger partial charge in [0.25, 0.3) is 0 Å². The number of carbonyl (C=O) groups is 1. The maximum absolute atomic E-state index is 11.5. The molecule has 0 bridgehead atoms. The molecule has 8 nitrogen and oxygen atoms in total. The molecular weight excluding hydrogens is 572 g/mol. The molecule has 0 aliphatic carbocycles. The van der Waals surface area contributed by atoms with Gasteiger partial charge in [0.2, 0.25) is 0 Å². The Kier molecular flexibility index (Phi) is 8.79. The van der Waals surface area contributed by atoms with Crippen molar-refractivity contribution in [3.05, 3.63) is 96.1 Å². The van der Waals surface area contributed by atoms with Crippen molar-refractivity contribution in [2.45, 2.75) is 0 Å². The summed E-state index contributed by atoms with van der Waals surface area (Å²) in [5.41, 5.74) is 7.69. The molecule has 5 aromatic rings. The third-order valence-corrected chi connectivity index (χ3v) is 8.17. The molecule has 0 heterocycles. The molecular formula is C38H40N6O2. The van der Waals surface area contributed by atoms with Crippen LogP contribution >= 0.6 is 0 Å². The van der Waals surface area contributed by atoms with Gasteiger partial charge in [-0.15, -0.1) is 0 Å². The molecule has 1 N–H and O–H groups in total. The quantitative estimate of drug-likeness (QED) is 0.134. The lowest BCUT2D eigenvalue weighted by Gasteiger charge is -2.32. The summed E-state index contributed by atoms with van der Waals surface area (Å²) in [7, 11) is 16.5. The van der Waals surface area contributed by atoms with Crippen LogP contribution in [0.25, 0.3) is 27.6 Å². The largest absolute Gasteiger partial charge is 0.477 e. The van der Waals surface area contributed by atoms with Crippen LogP contribution in [0.15, 0.2) is 90.5 Å². The number of aliphatic carboxylic acids is 1. The third kappa shape index (κ3) is 5.75. The molecule has 0 spiro atoms. The van der Waals surface area contributed by atoms with Crippen molar-refractivity contribution in [2.24, 2.45) is 0 Å². The first-order chi connectivity index (χ1) is 21.9. The molecule has 0 saturated heterocycles. The topological polar surface area (TPSA) is 77.3 Å². The Labute approximate surface area is 271 Å². The Morgan fingerprint density at radius 2 is 0.978 bits per heavy atom. The van der Waals surface area contributed by atoms with Crippen LogP contribution in [-0.2, 0) is 4.79 Å². The second-order valence-electron chi connectivity index (χ2n) is 12.1. The predicted molar refractivity (Wildman–Crippen MR) is 195 cm³/mol. The summed E-state index contributed by atoms with van der Waals surface area (Å²) in [4.78, 5) is 22.4. The summed E-state index contributed by atoms with van der Waals surface area (Å²) in [6, 6.07) is 30.9. The molecule has 0 radical (unpaired) electrons. The summed E-state index contributed by atoms with van der Waals surface area (Å²) in [5, 5.41) is 23.2. The van der Waals surface area contributed by atoms with E-state index in [1.807, 2.05) is 24.3 Å². The van der Waals surface area contributed by atoms with E-state index in [1.54, 1.807) is 6.07 Å². The normalized spacial score (nSPS) is 11.3. The standard InChI is InChI=1S/C38H40N6O2/c1-40(2)32-13-9-11-28-30(19-21-34(36(28)32)42(5)6)44(27-17-15-25(16-18-27)23-26(24-39)38(45)46)31-20-22-35(43(7)8)37-29(31)12-10-14-33(37)41(3)4/h9-23H,1-8H3,(H,45,46)/b26-23+. The molecule has 5 rings (SSSR count). The van der Waals surface area contributed by atoms with Gasteiger partial charge in [-0.2, -0.15) is 5.26 Å². The van der Waals surface area contributed by atoms with E-state index in [0.29, 0.717) is 5.56 Å². The second-order valence-corrected chi connectivity index (χ2v) is 12.1. The predicted octanol–water partition coefficient (Wildman–Crippen LogP) is 7.72. The molecule has 0 atom stereocenters. The Hall–Kier alpha value is -5.68. The van der Waals surface area contributed by atoms with Gasteiger partial charge in [-0.05, 0) is 60.2 Å². The lowest BCUT2D eigenvalue weighted by atomic mass is 9.99. The number of fused-ring (bicyclic) bond motifs is 2. The van der Waals surface area contributed by atoms with E-state index in [9.17, 15) is 15.2 Å². The van der Waals surface area contributed by atoms with Crippen LogP contribution in [0.5, 0.6) is 0 Å². The molecule has 5 aromatic carbocycles. The molecule has 0 fully saturated rings. The van der Waals surface area contributed by atoms with Crippen molar-refractivity contribution in [2.75, 3.05) is 80.9 Å². The summed E-state index contributed by atoms with van der Waals surface area (Å²) >= 11 is 0. The van der Waals surface area contributed by atoms with Gasteiger partial charge >= 0.3 is 5.97 Å². The van der Waals surface area contributed by atoms with Gasteiger partial charge in [-0.3, -0.25) is 0 Å². The van der Waals surface area contributed by atoms with Gasteiger partial charge in [0.15, 0.2) is 0 Å². The maximum atomic E-state index is 11.5. The smallest absolute Gasteiger partial charge is 0.346 e. The third-order valence-electron chi connectivity index (χ3n) is 8.17. The molecule has 8 heteroatoms. The van der Waals surface area contributed by atoms with Crippen LogP contribution < -0.4 is 24.5 Å². The first kappa shape index (κ1) is 31.7. The zero-order valence-electron chi connectivity index (χ0n) is 27.7. The molecule has 0 amide bonds. The van der Waals surface area contributed by atoms with Gasteiger partial charge in [0, 0.05) is 106 Å². The van der Waals surface area contributed by atoms with E-state index in [1.165, 1.54) is 6.08 Å². The molecule has 234 valence electrons. The average molecular weight is 613 g/mol. The Morgan fingerprint density at radius 1 is 0.587 bits per heavy atom. The number of carboxylic acid groups (broad SMARTS) is 1. The van der Waals surface area contributed by atoms with Gasteiger partial charge in [-0.1, -0.05) is 36.4 Å². The highest BCUT2D eigenvalue weighted by Gasteiger charge is 2.23. The SMILES string of the molecule is CN(C)c1cccc2c(N(c3ccc(/C=C(\C#N)C(=O)O)cc3)c3ccc(N(C)C)c4c(N(C)C)cccc34)ccc(N(C)C)c12. The Morgan fingerprint density at radius 3 is 1.35 bits per heavy atom. The van der Waals surface area contributed by atoms with Crippen LogP contribution in [0.3, 0.4) is 0 Å². The zero-order valence-corrected chi connectivity index (χ0v) is 27.7. The number of nitrogens with zero attached hydrogens (tertiary/aromatic N) is 6. The fourth-order valence-corrected chi connectivity index (χ4v) is 6.02. The fraction of sp³-hybridized carbons (Fsp3) is 0.211. The average Bonchev–Trinajstić information content (AvgIpc) is 3.03. The number of rotatable bonds is 9. The fourth-order valence-electron chi connectivity index (χ4n) is 6.02. The van der Waals surface area contributed by atoms with Crippen molar-refractivity contribution >= 4 is 73.4 Å². The van der Waals surface area contributed by atoms with Gasteiger partial charge in [-0.25, -0.2) is 4.79 Å². The highest BCUT2D eigenvalue weighted by atomic mass is 16.4. The van der Waals surface area contributed by atoms with E-state index < -0.39 is 5.97 Å². The zero-order chi connectivity index (χ0) is 33.3. The summed E-state index contributed by atoms with van der Waals surface area (Å²) in [6.07, 6.45) is 1.39. The minimum absolute atomic E-state index is 0.312. The van der Waals surface area contributed by atoms with E-state index >= 15 is 0 Å². The number of nitriles is 1. The Bertz CT molecular complexity index is 1870. The van der Waals surface area contributed by atoms with E-state index in [4.69, 9.17) is 0 Å². The highest BCUT2D eigenvalue weighted by molar-refractivity contribution is 6.15. The van der Waals surface area contributed by atoms with Crippen molar-refractivity contribution in [3.63, 3.8) is 0 Å². The van der Waals surface area contributed by atoms with Gasteiger partial charge < -0.3 is 29.6 Å². The number of hydrogen-bond acceptors (Lipinski definition) is 7. The maximum Gasteiger partial charge on any atom is 0.346 e. The lowest BCUT2D eigenvalue weighted by molar-refractivity contribution is -0.132. The van der Waals surface area contributed by atoms with E-state index in [-0.39, 0.29) is 5.57 Å². The van der Waals surface area contributed by atoms with Crippen molar-refractivity contribution in [1.29, 1.82) is 5.26 Å². The molecule has 0 aliphatic rings. The molecule has 0 aromatic heterocycles. The van der Waals surface area contributed by atoms with Crippen LogP contribution in [0.4, 0.5) is 39.8 Å². The first-order valence-electron chi connectivity index (χ1n) is 15.0. The number of anilines is 7. The molecule has 0 aliphatic heterocycles. The summed E-state index contributed by atoms with van der Waals surface area (Å²) in [6.45, 7) is 0. The first-order valence-corrected chi connectivity index (χ1v) is 15.0. The van der Waals surface area contributed by atoms with Crippen molar-refractivity contribution < 1.29 is 9.90 Å². The minimum Gasteiger partial charge on any atom is -0.477 e. The second kappa shape index (κ2) is 12.7. The molecule has 0 saturated carbocycles. The van der Waals surface area contributed by atoms with Gasteiger partial charge in [0.05, 0.1) is 11.4 Å². The van der Waals surface area contributed by atoms with Crippen LogP contribution in [0, 0.1) is 11.3 Å². The highest BCUT2D eigenvalue weighted by Crippen LogP contribution is 2.48. The molecule has 46 heavy (non-hydrogen) atoms. The number of carboxylic acids is 1. The van der Waals surface area contributed by atoms with Crippen molar-refractivity contribution in [3.8, 4) is 6.07 Å². The van der Waals surface area contributed by atoms with E-state index in [0.717, 1.165) is 61.4 Å². The van der Waals surface area contributed by atoms with Crippen molar-refractivity contribution in [1.82, 2.24) is 0 Å². The monoisotopic (exact) mass is 612 g/mol. The summed E-state index contributed by atoms with van der Waals surface area (Å²) in [5.74, 6) is -1.25. The summed E-state index contributed by atoms with van der Waals surface area (Å²) < 4.78 is 0.